The molecule has 2 aromatic rings. The van der Waals surface area contributed by atoms with Crippen LogP contribution >= 0.6 is 15.9 Å². The van der Waals surface area contributed by atoms with Crippen molar-refractivity contribution in [1.82, 2.24) is 10.3 Å². The van der Waals surface area contributed by atoms with E-state index in [0.29, 0.717) is 13.1 Å². The minimum absolute atomic E-state index is 0.0229. The predicted molar refractivity (Wildman–Crippen MR) is 90.7 cm³/mol. The van der Waals surface area contributed by atoms with Crippen LogP contribution in [0.5, 0.6) is 0 Å². The second-order valence-corrected chi connectivity index (χ2v) is 6.34. The van der Waals surface area contributed by atoms with Crippen molar-refractivity contribution in [1.29, 1.82) is 0 Å². The SMILES string of the molecule is O=C(NCc1ccccn1)[C@H]1CC(=O)N(c2ccc(Br)cc2)C1. The summed E-state index contributed by atoms with van der Waals surface area (Å²) in [5, 5.41) is 2.85. The zero-order valence-corrected chi connectivity index (χ0v) is 14.0. The summed E-state index contributed by atoms with van der Waals surface area (Å²) < 4.78 is 0.956. The summed E-state index contributed by atoms with van der Waals surface area (Å²) in [5.41, 5.74) is 1.62. The van der Waals surface area contributed by atoms with Crippen molar-refractivity contribution in [2.45, 2.75) is 13.0 Å². The third-order valence-electron chi connectivity index (χ3n) is 3.80. The monoisotopic (exact) mass is 373 g/mol. The van der Waals surface area contributed by atoms with Gasteiger partial charge >= 0.3 is 0 Å². The van der Waals surface area contributed by atoms with Gasteiger partial charge in [-0.3, -0.25) is 14.6 Å². The molecular weight excluding hydrogens is 358 g/mol. The van der Waals surface area contributed by atoms with Gasteiger partial charge in [0.1, 0.15) is 0 Å². The fourth-order valence-electron chi connectivity index (χ4n) is 2.58. The maximum absolute atomic E-state index is 12.3. The van der Waals surface area contributed by atoms with Gasteiger partial charge < -0.3 is 10.2 Å². The molecule has 1 aromatic carbocycles. The van der Waals surface area contributed by atoms with Crippen LogP contribution in [0.2, 0.25) is 0 Å². The Morgan fingerprint density at radius 2 is 2.04 bits per heavy atom. The molecule has 1 N–H and O–H groups in total. The van der Waals surface area contributed by atoms with Gasteiger partial charge in [-0.25, -0.2) is 0 Å². The van der Waals surface area contributed by atoms with Gasteiger partial charge in [0.15, 0.2) is 0 Å². The standard InChI is InChI=1S/C17H16BrN3O2/c18-13-4-6-15(7-5-13)21-11-12(9-16(21)22)17(23)20-10-14-3-1-2-8-19-14/h1-8,12H,9-11H2,(H,20,23)/t12-/m0/s1. The Morgan fingerprint density at radius 1 is 1.26 bits per heavy atom. The second-order valence-electron chi connectivity index (χ2n) is 5.42. The van der Waals surface area contributed by atoms with Crippen LogP contribution in [0.3, 0.4) is 0 Å². The van der Waals surface area contributed by atoms with E-state index in [1.54, 1.807) is 11.1 Å². The number of hydrogen-bond acceptors (Lipinski definition) is 3. The normalized spacial score (nSPS) is 17.3. The Morgan fingerprint density at radius 3 is 2.74 bits per heavy atom. The summed E-state index contributed by atoms with van der Waals surface area (Å²) >= 11 is 3.37. The Hall–Kier alpha value is -2.21. The average Bonchev–Trinajstić information content (AvgIpc) is 2.96. The molecule has 118 valence electrons. The molecule has 1 aromatic heterocycles. The molecule has 1 aliphatic heterocycles. The van der Waals surface area contributed by atoms with Crippen LogP contribution in [-0.4, -0.2) is 23.3 Å². The van der Waals surface area contributed by atoms with Gasteiger partial charge in [-0.1, -0.05) is 22.0 Å². The van der Waals surface area contributed by atoms with E-state index < -0.39 is 0 Å². The van der Waals surface area contributed by atoms with Crippen molar-refractivity contribution < 1.29 is 9.59 Å². The van der Waals surface area contributed by atoms with E-state index in [1.807, 2.05) is 42.5 Å². The van der Waals surface area contributed by atoms with E-state index in [1.165, 1.54) is 0 Å². The molecule has 0 aliphatic carbocycles. The molecule has 5 nitrogen and oxygen atoms in total. The molecule has 1 saturated heterocycles. The van der Waals surface area contributed by atoms with Crippen LogP contribution in [0.4, 0.5) is 5.69 Å². The highest BCUT2D eigenvalue weighted by atomic mass is 79.9. The van der Waals surface area contributed by atoms with E-state index in [4.69, 9.17) is 0 Å². The molecule has 0 unspecified atom stereocenters. The highest BCUT2D eigenvalue weighted by molar-refractivity contribution is 9.10. The van der Waals surface area contributed by atoms with E-state index in [0.717, 1.165) is 15.9 Å². The number of pyridine rings is 1. The summed E-state index contributed by atoms with van der Waals surface area (Å²) in [7, 11) is 0. The van der Waals surface area contributed by atoms with Gasteiger partial charge in [0.25, 0.3) is 0 Å². The lowest BCUT2D eigenvalue weighted by Gasteiger charge is -2.16. The fraction of sp³-hybridized carbons (Fsp3) is 0.235. The molecular formula is C17H16BrN3O2. The average molecular weight is 374 g/mol. The number of hydrogen-bond donors (Lipinski definition) is 1. The predicted octanol–water partition coefficient (Wildman–Crippen LogP) is 2.51. The maximum Gasteiger partial charge on any atom is 0.227 e. The first-order valence-corrected chi connectivity index (χ1v) is 8.16. The van der Waals surface area contributed by atoms with Crippen LogP contribution in [0, 0.1) is 5.92 Å². The first-order chi connectivity index (χ1) is 11.1. The smallest absolute Gasteiger partial charge is 0.227 e. The van der Waals surface area contributed by atoms with Gasteiger partial charge in [0, 0.05) is 29.3 Å². The Labute approximate surface area is 142 Å². The zero-order valence-electron chi connectivity index (χ0n) is 12.4. The van der Waals surface area contributed by atoms with Gasteiger partial charge in [-0.15, -0.1) is 0 Å². The van der Waals surface area contributed by atoms with Gasteiger partial charge in [-0.05, 0) is 36.4 Å². The summed E-state index contributed by atoms with van der Waals surface area (Å²) in [4.78, 5) is 30.3. The van der Waals surface area contributed by atoms with Gasteiger partial charge in [0.05, 0.1) is 18.2 Å². The Balaban J connectivity index is 1.60. The molecule has 1 fully saturated rings. The number of nitrogens with one attached hydrogen (secondary N) is 1. The van der Waals surface area contributed by atoms with E-state index in [9.17, 15) is 9.59 Å². The summed E-state index contributed by atoms with van der Waals surface area (Å²) in [6.45, 7) is 0.789. The Kier molecular flexibility index (Phi) is 4.71. The molecule has 0 radical (unpaired) electrons. The summed E-state index contributed by atoms with van der Waals surface area (Å²) in [6.07, 6.45) is 1.93. The molecule has 23 heavy (non-hydrogen) atoms. The van der Waals surface area contributed by atoms with Crippen molar-refractivity contribution in [2.75, 3.05) is 11.4 Å². The highest BCUT2D eigenvalue weighted by Gasteiger charge is 2.34. The number of anilines is 1. The molecule has 0 spiro atoms. The second kappa shape index (κ2) is 6.91. The molecule has 2 amide bonds. The number of aromatic nitrogens is 1. The fourth-order valence-corrected chi connectivity index (χ4v) is 2.84. The van der Waals surface area contributed by atoms with E-state index in [-0.39, 0.29) is 24.2 Å². The van der Waals surface area contributed by atoms with Crippen molar-refractivity contribution in [3.63, 3.8) is 0 Å². The molecule has 1 atom stereocenters. The number of carbonyl (C=O) groups excluding carboxylic acids is 2. The van der Waals surface area contributed by atoms with Crippen molar-refractivity contribution in [2.24, 2.45) is 5.92 Å². The molecule has 3 rings (SSSR count). The lowest BCUT2D eigenvalue weighted by atomic mass is 10.1. The van der Waals surface area contributed by atoms with Crippen LogP contribution in [0.25, 0.3) is 0 Å². The lowest BCUT2D eigenvalue weighted by Crippen LogP contribution is -2.32. The van der Waals surface area contributed by atoms with Crippen LogP contribution < -0.4 is 10.2 Å². The molecule has 6 heteroatoms. The number of halogens is 1. The summed E-state index contributed by atoms with van der Waals surface area (Å²) in [5.74, 6) is -0.455. The van der Waals surface area contributed by atoms with Gasteiger partial charge in [-0.2, -0.15) is 0 Å². The molecule has 1 aliphatic rings. The minimum atomic E-state index is -0.324. The number of nitrogens with zero attached hydrogens (tertiary/aromatic N) is 2. The molecule has 0 saturated carbocycles. The number of benzene rings is 1. The third kappa shape index (κ3) is 3.76. The third-order valence-corrected chi connectivity index (χ3v) is 4.33. The first kappa shape index (κ1) is 15.7. The van der Waals surface area contributed by atoms with Crippen LogP contribution in [0.1, 0.15) is 12.1 Å². The van der Waals surface area contributed by atoms with Crippen molar-refractivity contribution in [3.8, 4) is 0 Å². The van der Waals surface area contributed by atoms with Crippen molar-refractivity contribution in [3.05, 3.63) is 58.8 Å². The largest absolute Gasteiger partial charge is 0.350 e. The van der Waals surface area contributed by atoms with Crippen molar-refractivity contribution >= 4 is 33.4 Å². The zero-order chi connectivity index (χ0) is 16.2. The number of amides is 2. The molecule has 0 bridgehead atoms. The van der Waals surface area contributed by atoms with Crippen LogP contribution in [0.15, 0.2) is 53.1 Å². The quantitative estimate of drug-likeness (QED) is 0.895. The van der Waals surface area contributed by atoms with E-state index >= 15 is 0 Å². The van der Waals surface area contributed by atoms with E-state index in [2.05, 4.69) is 26.2 Å². The maximum atomic E-state index is 12.3. The number of carbonyl (C=O) groups is 2. The van der Waals surface area contributed by atoms with Crippen LogP contribution in [-0.2, 0) is 16.1 Å². The minimum Gasteiger partial charge on any atom is -0.350 e. The first-order valence-electron chi connectivity index (χ1n) is 7.37. The topological polar surface area (TPSA) is 62.3 Å². The summed E-state index contributed by atoms with van der Waals surface area (Å²) in [6, 6.07) is 13.1. The Bertz CT molecular complexity index is 704. The van der Waals surface area contributed by atoms with Gasteiger partial charge in [0.2, 0.25) is 11.8 Å². The number of rotatable bonds is 4. The molecule has 2 heterocycles. The highest BCUT2D eigenvalue weighted by Crippen LogP contribution is 2.26. The lowest BCUT2D eigenvalue weighted by molar-refractivity contribution is -0.126.